The van der Waals surface area contributed by atoms with Crippen molar-refractivity contribution in [1.29, 1.82) is 0 Å². The summed E-state index contributed by atoms with van der Waals surface area (Å²) < 4.78 is 5.45. The molecule has 0 aromatic carbocycles. The van der Waals surface area contributed by atoms with Gasteiger partial charge in [0.1, 0.15) is 0 Å². The number of carbonyl (C=O) groups is 1. The zero-order valence-electron chi connectivity index (χ0n) is 11.7. The topological polar surface area (TPSA) is 55.3 Å². The third-order valence-corrected chi connectivity index (χ3v) is 4.43. The van der Waals surface area contributed by atoms with E-state index < -0.39 is 0 Å². The molecule has 0 bridgehead atoms. The van der Waals surface area contributed by atoms with Crippen LogP contribution in [0.15, 0.2) is 18.6 Å². The molecule has 3 heterocycles. The van der Waals surface area contributed by atoms with Crippen LogP contribution in [0, 0.1) is 5.92 Å². The van der Waals surface area contributed by atoms with E-state index in [1.807, 2.05) is 0 Å². The second-order valence-corrected chi connectivity index (χ2v) is 5.69. The van der Waals surface area contributed by atoms with Crippen molar-refractivity contribution in [1.82, 2.24) is 14.9 Å². The van der Waals surface area contributed by atoms with Crippen LogP contribution in [0.4, 0.5) is 0 Å². The molecule has 3 rings (SSSR count). The highest BCUT2D eigenvalue weighted by atomic mass is 16.5. The molecule has 108 valence electrons. The number of carbonyl (C=O) groups excluding carboxylic acids is 1. The Bertz CT molecular complexity index is 450. The van der Waals surface area contributed by atoms with Gasteiger partial charge in [0.2, 0.25) is 0 Å². The van der Waals surface area contributed by atoms with Crippen LogP contribution < -0.4 is 0 Å². The quantitative estimate of drug-likeness (QED) is 0.789. The van der Waals surface area contributed by atoms with Gasteiger partial charge in [-0.3, -0.25) is 9.88 Å². The fraction of sp³-hybridized carbons (Fsp3) is 0.667. The maximum absolute atomic E-state index is 11.9. The molecule has 5 heteroatoms. The Kier molecular flexibility index (Phi) is 4.25. The molecule has 0 saturated carbocycles. The number of piperidine rings is 2. The predicted molar refractivity (Wildman–Crippen MR) is 74.3 cm³/mol. The number of aromatic nitrogens is 2. The van der Waals surface area contributed by atoms with E-state index in [0.29, 0.717) is 24.3 Å². The third-order valence-electron chi connectivity index (χ3n) is 4.43. The van der Waals surface area contributed by atoms with Crippen LogP contribution >= 0.6 is 0 Å². The molecule has 2 aliphatic heterocycles. The highest BCUT2D eigenvalue weighted by molar-refractivity contribution is 5.86. The summed E-state index contributed by atoms with van der Waals surface area (Å²) in [7, 11) is 0. The van der Waals surface area contributed by atoms with Crippen molar-refractivity contribution in [2.24, 2.45) is 5.92 Å². The van der Waals surface area contributed by atoms with Gasteiger partial charge in [-0.05, 0) is 38.8 Å². The average molecular weight is 275 g/mol. The smallest absolute Gasteiger partial charge is 0.358 e. The van der Waals surface area contributed by atoms with Gasteiger partial charge < -0.3 is 4.74 Å². The van der Waals surface area contributed by atoms with E-state index in [0.717, 1.165) is 6.42 Å². The van der Waals surface area contributed by atoms with Crippen LogP contribution in [0.1, 0.15) is 42.6 Å². The summed E-state index contributed by atoms with van der Waals surface area (Å²) in [6.45, 7) is 2.93. The Morgan fingerprint density at radius 3 is 3.00 bits per heavy atom. The Morgan fingerprint density at radius 2 is 2.15 bits per heavy atom. The average Bonchev–Trinajstić information content (AvgIpc) is 2.53. The Morgan fingerprint density at radius 1 is 1.25 bits per heavy atom. The Balaban J connectivity index is 1.56. The lowest BCUT2D eigenvalue weighted by Gasteiger charge is -2.44. The van der Waals surface area contributed by atoms with Crippen LogP contribution in [0.25, 0.3) is 0 Å². The number of esters is 1. The molecule has 2 atom stereocenters. The lowest BCUT2D eigenvalue weighted by molar-refractivity contribution is 0.00699. The minimum atomic E-state index is -0.356. The lowest BCUT2D eigenvalue weighted by Crippen LogP contribution is -2.49. The number of ether oxygens (including phenoxy) is 1. The van der Waals surface area contributed by atoms with E-state index in [4.69, 9.17) is 4.74 Å². The minimum Gasteiger partial charge on any atom is -0.461 e. The fourth-order valence-corrected chi connectivity index (χ4v) is 3.43. The zero-order chi connectivity index (χ0) is 13.8. The first-order valence-electron chi connectivity index (χ1n) is 7.52. The molecule has 0 aliphatic carbocycles. The lowest BCUT2D eigenvalue weighted by atomic mass is 9.84. The van der Waals surface area contributed by atoms with Gasteiger partial charge in [0.25, 0.3) is 0 Å². The standard InChI is InChI=1S/C15H21N3O2/c19-15(13-10-16-6-7-17-13)20-11-12-4-3-9-18-8-2-1-5-14(12)18/h6-7,10,12,14H,1-5,8-9,11H2. The maximum Gasteiger partial charge on any atom is 0.358 e. The minimum absolute atomic E-state index is 0.295. The van der Waals surface area contributed by atoms with Gasteiger partial charge in [-0.2, -0.15) is 0 Å². The predicted octanol–water partition coefficient (Wildman–Crippen LogP) is 1.90. The number of rotatable bonds is 3. The molecule has 2 aliphatic rings. The molecule has 0 radical (unpaired) electrons. The molecule has 2 fully saturated rings. The van der Waals surface area contributed by atoms with Gasteiger partial charge in [0.05, 0.1) is 12.8 Å². The second kappa shape index (κ2) is 6.31. The number of nitrogens with zero attached hydrogens (tertiary/aromatic N) is 3. The van der Waals surface area contributed by atoms with E-state index in [1.165, 1.54) is 51.2 Å². The van der Waals surface area contributed by atoms with Crippen molar-refractivity contribution in [3.05, 3.63) is 24.3 Å². The largest absolute Gasteiger partial charge is 0.461 e. The van der Waals surface area contributed by atoms with Crippen LogP contribution in [0.2, 0.25) is 0 Å². The Hall–Kier alpha value is -1.49. The van der Waals surface area contributed by atoms with Crippen molar-refractivity contribution in [2.75, 3.05) is 19.7 Å². The van der Waals surface area contributed by atoms with E-state index in [1.54, 1.807) is 6.20 Å². The van der Waals surface area contributed by atoms with Gasteiger partial charge >= 0.3 is 5.97 Å². The molecular formula is C15H21N3O2. The van der Waals surface area contributed by atoms with Crippen molar-refractivity contribution in [3.63, 3.8) is 0 Å². The van der Waals surface area contributed by atoms with Crippen molar-refractivity contribution >= 4 is 5.97 Å². The van der Waals surface area contributed by atoms with Crippen LogP contribution in [0.5, 0.6) is 0 Å². The number of hydrogen-bond donors (Lipinski definition) is 0. The summed E-state index contributed by atoms with van der Waals surface area (Å²) in [5, 5.41) is 0. The molecule has 0 N–H and O–H groups in total. The molecule has 2 saturated heterocycles. The van der Waals surface area contributed by atoms with Crippen LogP contribution in [0.3, 0.4) is 0 Å². The molecule has 1 aromatic heterocycles. The molecule has 0 amide bonds. The van der Waals surface area contributed by atoms with E-state index in [2.05, 4.69) is 14.9 Å². The van der Waals surface area contributed by atoms with Gasteiger partial charge in [0.15, 0.2) is 5.69 Å². The first-order chi connectivity index (χ1) is 9.84. The van der Waals surface area contributed by atoms with Gasteiger partial charge in [-0.1, -0.05) is 6.42 Å². The SMILES string of the molecule is O=C(OCC1CCCN2CCCCC12)c1cnccn1. The number of fused-ring (bicyclic) bond motifs is 1. The summed E-state index contributed by atoms with van der Waals surface area (Å²) >= 11 is 0. The summed E-state index contributed by atoms with van der Waals surface area (Å²) in [6.07, 6.45) is 10.7. The zero-order valence-corrected chi connectivity index (χ0v) is 11.7. The normalized spacial score (nSPS) is 26.8. The van der Waals surface area contributed by atoms with Gasteiger partial charge in [-0.25, -0.2) is 9.78 Å². The van der Waals surface area contributed by atoms with Crippen LogP contribution in [-0.2, 0) is 4.74 Å². The highest BCUT2D eigenvalue weighted by Crippen LogP contribution is 2.31. The van der Waals surface area contributed by atoms with Crippen LogP contribution in [-0.4, -0.2) is 46.6 Å². The molecule has 2 unspecified atom stereocenters. The molecule has 5 nitrogen and oxygen atoms in total. The van der Waals surface area contributed by atoms with Crippen molar-refractivity contribution in [2.45, 2.75) is 38.1 Å². The van der Waals surface area contributed by atoms with Crippen molar-refractivity contribution in [3.8, 4) is 0 Å². The Labute approximate surface area is 119 Å². The fourth-order valence-electron chi connectivity index (χ4n) is 3.43. The molecule has 20 heavy (non-hydrogen) atoms. The highest BCUT2D eigenvalue weighted by Gasteiger charge is 2.33. The third kappa shape index (κ3) is 2.98. The van der Waals surface area contributed by atoms with Gasteiger partial charge in [0, 0.05) is 24.4 Å². The van der Waals surface area contributed by atoms with Crippen molar-refractivity contribution < 1.29 is 9.53 Å². The first-order valence-corrected chi connectivity index (χ1v) is 7.52. The summed E-state index contributed by atoms with van der Waals surface area (Å²) in [5.41, 5.74) is 0.295. The van der Waals surface area contributed by atoms with E-state index >= 15 is 0 Å². The molecular weight excluding hydrogens is 254 g/mol. The summed E-state index contributed by atoms with van der Waals surface area (Å²) in [4.78, 5) is 22.4. The number of hydrogen-bond acceptors (Lipinski definition) is 5. The van der Waals surface area contributed by atoms with E-state index in [-0.39, 0.29) is 5.97 Å². The monoisotopic (exact) mass is 275 g/mol. The molecule has 0 spiro atoms. The second-order valence-electron chi connectivity index (χ2n) is 5.69. The summed E-state index contributed by atoms with van der Waals surface area (Å²) in [5.74, 6) is 0.121. The van der Waals surface area contributed by atoms with E-state index in [9.17, 15) is 4.79 Å². The van der Waals surface area contributed by atoms with Gasteiger partial charge in [-0.15, -0.1) is 0 Å². The summed E-state index contributed by atoms with van der Waals surface area (Å²) in [6, 6.07) is 0.604. The maximum atomic E-state index is 11.9. The first kappa shape index (κ1) is 13.5. The molecule has 1 aromatic rings.